The van der Waals surface area contributed by atoms with E-state index < -0.39 is 0 Å². The van der Waals surface area contributed by atoms with Gasteiger partial charge in [0.2, 0.25) is 5.91 Å². The Morgan fingerprint density at radius 2 is 2.08 bits per heavy atom. The minimum Gasteiger partial charge on any atom is -0.356 e. The van der Waals surface area contributed by atoms with Gasteiger partial charge in [-0.1, -0.05) is 40.9 Å². The van der Waals surface area contributed by atoms with Gasteiger partial charge in [-0.2, -0.15) is 0 Å². The number of amides is 1. The van der Waals surface area contributed by atoms with Crippen molar-refractivity contribution in [2.45, 2.75) is 51.5 Å². The molecule has 0 radical (unpaired) electrons. The SMILES string of the molecule is O=C(NCCC1=CCCCC1)C1CCCN(Cc2ccc(Cl)c(Cl)c2)C1. The zero-order valence-corrected chi connectivity index (χ0v) is 16.8. The quantitative estimate of drug-likeness (QED) is 0.671. The molecule has 1 amide bonds. The third kappa shape index (κ3) is 5.73. The molecule has 2 aliphatic rings. The fourth-order valence-electron chi connectivity index (χ4n) is 3.93. The number of hydrogen-bond donors (Lipinski definition) is 1. The molecule has 5 heteroatoms. The molecule has 3 rings (SSSR count). The average molecular weight is 395 g/mol. The van der Waals surface area contributed by atoms with E-state index in [2.05, 4.69) is 16.3 Å². The molecule has 1 aromatic carbocycles. The maximum atomic E-state index is 12.5. The largest absolute Gasteiger partial charge is 0.356 e. The summed E-state index contributed by atoms with van der Waals surface area (Å²) in [4.78, 5) is 14.9. The van der Waals surface area contributed by atoms with Crippen LogP contribution in [0.4, 0.5) is 0 Å². The van der Waals surface area contributed by atoms with Gasteiger partial charge in [0.05, 0.1) is 16.0 Å². The number of allylic oxidation sites excluding steroid dienone is 1. The first-order valence-electron chi connectivity index (χ1n) is 9.74. The van der Waals surface area contributed by atoms with E-state index in [0.29, 0.717) is 10.0 Å². The molecule has 0 spiro atoms. The van der Waals surface area contributed by atoms with Crippen molar-refractivity contribution in [2.75, 3.05) is 19.6 Å². The molecule has 0 aromatic heterocycles. The molecule has 1 atom stereocenters. The molecular weight excluding hydrogens is 367 g/mol. The summed E-state index contributed by atoms with van der Waals surface area (Å²) in [5.74, 6) is 0.298. The van der Waals surface area contributed by atoms with Crippen LogP contribution in [0, 0.1) is 5.92 Å². The number of carbonyl (C=O) groups is 1. The van der Waals surface area contributed by atoms with Gasteiger partial charge in [-0.05, 0) is 69.2 Å². The standard InChI is InChI=1S/C21H28Cl2N2O/c22-19-9-8-17(13-20(19)23)14-25-12-4-7-18(15-25)21(26)24-11-10-16-5-2-1-3-6-16/h5,8-9,13,18H,1-4,6-7,10-12,14-15H2,(H,24,26). The Morgan fingerprint density at radius 1 is 1.19 bits per heavy atom. The molecular formula is C21H28Cl2N2O. The van der Waals surface area contributed by atoms with E-state index in [1.54, 1.807) is 0 Å². The van der Waals surface area contributed by atoms with Crippen LogP contribution < -0.4 is 5.32 Å². The molecule has 1 heterocycles. The highest BCUT2D eigenvalue weighted by molar-refractivity contribution is 6.42. The minimum absolute atomic E-state index is 0.0897. The van der Waals surface area contributed by atoms with Crippen molar-refractivity contribution < 1.29 is 4.79 Å². The Kier molecular flexibility index (Phi) is 7.42. The van der Waals surface area contributed by atoms with Crippen molar-refractivity contribution >= 4 is 29.1 Å². The lowest BCUT2D eigenvalue weighted by Crippen LogP contribution is -2.42. The molecule has 142 valence electrons. The average Bonchev–Trinajstić information content (AvgIpc) is 2.66. The van der Waals surface area contributed by atoms with Crippen LogP contribution >= 0.6 is 23.2 Å². The van der Waals surface area contributed by atoms with Crippen LogP contribution in [0.15, 0.2) is 29.8 Å². The Bertz CT molecular complexity index is 659. The van der Waals surface area contributed by atoms with Gasteiger partial charge in [0.15, 0.2) is 0 Å². The summed E-state index contributed by atoms with van der Waals surface area (Å²) in [5, 5.41) is 4.33. The highest BCUT2D eigenvalue weighted by Crippen LogP contribution is 2.25. The number of nitrogens with zero attached hydrogens (tertiary/aromatic N) is 1. The normalized spacial score (nSPS) is 21.3. The van der Waals surface area contributed by atoms with E-state index in [9.17, 15) is 4.79 Å². The smallest absolute Gasteiger partial charge is 0.224 e. The van der Waals surface area contributed by atoms with Crippen LogP contribution in [0.2, 0.25) is 10.0 Å². The summed E-state index contributed by atoms with van der Waals surface area (Å²) >= 11 is 12.1. The minimum atomic E-state index is 0.0897. The number of hydrogen-bond acceptors (Lipinski definition) is 2. The number of benzene rings is 1. The molecule has 26 heavy (non-hydrogen) atoms. The summed E-state index contributed by atoms with van der Waals surface area (Å²) in [6.07, 6.45) is 10.4. The lowest BCUT2D eigenvalue weighted by atomic mass is 9.95. The van der Waals surface area contributed by atoms with E-state index >= 15 is 0 Å². The molecule has 0 saturated carbocycles. The lowest BCUT2D eigenvalue weighted by Gasteiger charge is -2.32. The number of nitrogens with one attached hydrogen (secondary N) is 1. The molecule has 1 aliphatic heterocycles. The van der Waals surface area contributed by atoms with Gasteiger partial charge in [0.1, 0.15) is 0 Å². The highest BCUT2D eigenvalue weighted by atomic mass is 35.5. The first kappa shape index (κ1) is 19.7. The van der Waals surface area contributed by atoms with Gasteiger partial charge in [-0.15, -0.1) is 0 Å². The number of carbonyl (C=O) groups excluding carboxylic acids is 1. The molecule has 1 N–H and O–H groups in total. The van der Waals surface area contributed by atoms with Crippen LogP contribution in [-0.4, -0.2) is 30.4 Å². The van der Waals surface area contributed by atoms with Crippen molar-refractivity contribution in [3.05, 3.63) is 45.5 Å². The number of rotatable bonds is 6. The topological polar surface area (TPSA) is 32.3 Å². The Morgan fingerprint density at radius 3 is 2.85 bits per heavy atom. The van der Waals surface area contributed by atoms with Crippen molar-refractivity contribution in [1.82, 2.24) is 10.2 Å². The fourth-order valence-corrected chi connectivity index (χ4v) is 4.25. The maximum Gasteiger partial charge on any atom is 0.224 e. The molecule has 1 fully saturated rings. The summed E-state index contributed by atoms with van der Waals surface area (Å²) < 4.78 is 0. The van der Waals surface area contributed by atoms with E-state index in [0.717, 1.165) is 51.0 Å². The second-order valence-electron chi connectivity index (χ2n) is 7.47. The van der Waals surface area contributed by atoms with E-state index in [4.69, 9.17) is 23.2 Å². The summed E-state index contributed by atoms with van der Waals surface area (Å²) in [5.41, 5.74) is 2.66. The fraction of sp³-hybridized carbons (Fsp3) is 0.571. The highest BCUT2D eigenvalue weighted by Gasteiger charge is 2.25. The lowest BCUT2D eigenvalue weighted by molar-refractivity contribution is -0.126. The molecule has 1 aliphatic carbocycles. The van der Waals surface area contributed by atoms with Gasteiger partial charge in [0, 0.05) is 19.6 Å². The molecule has 0 bridgehead atoms. The predicted octanol–water partition coefficient (Wildman–Crippen LogP) is 5.21. The molecule has 1 unspecified atom stereocenters. The third-order valence-corrected chi connectivity index (χ3v) is 6.14. The number of piperidine rings is 1. The van der Waals surface area contributed by atoms with Crippen molar-refractivity contribution in [3.63, 3.8) is 0 Å². The Hall–Kier alpha value is -1.03. The van der Waals surface area contributed by atoms with Gasteiger partial charge < -0.3 is 5.32 Å². The molecule has 1 aromatic rings. The van der Waals surface area contributed by atoms with E-state index in [1.807, 2.05) is 18.2 Å². The second-order valence-corrected chi connectivity index (χ2v) is 8.29. The number of likely N-dealkylation sites (tertiary alicyclic amines) is 1. The zero-order chi connectivity index (χ0) is 18.4. The monoisotopic (exact) mass is 394 g/mol. The van der Waals surface area contributed by atoms with Crippen molar-refractivity contribution in [3.8, 4) is 0 Å². The van der Waals surface area contributed by atoms with Crippen LogP contribution in [0.25, 0.3) is 0 Å². The summed E-state index contributed by atoms with van der Waals surface area (Å²) in [7, 11) is 0. The Labute approximate surface area is 166 Å². The first-order valence-corrected chi connectivity index (χ1v) is 10.5. The van der Waals surface area contributed by atoms with Crippen LogP contribution in [0.5, 0.6) is 0 Å². The van der Waals surface area contributed by atoms with Crippen LogP contribution in [0.3, 0.4) is 0 Å². The summed E-state index contributed by atoms with van der Waals surface area (Å²) in [6, 6.07) is 5.77. The predicted molar refractivity (Wildman–Crippen MR) is 109 cm³/mol. The van der Waals surface area contributed by atoms with Crippen LogP contribution in [0.1, 0.15) is 50.5 Å². The second kappa shape index (κ2) is 9.77. The van der Waals surface area contributed by atoms with Gasteiger partial charge in [-0.25, -0.2) is 0 Å². The zero-order valence-electron chi connectivity index (χ0n) is 15.3. The van der Waals surface area contributed by atoms with Gasteiger partial charge in [0.25, 0.3) is 0 Å². The van der Waals surface area contributed by atoms with Crippen molar-refractivity contribution in [2.24, 2.45) is 5.92 Å². The first-order chi connectivity index (χ1) is 12.6. The Balaban J connectivity index is 1.45. The maximum absolute atomic E-state index is 12.5. The van der Waals surface area contributed by atoms with E-state index in [-0.39, 0.29) is 11.8 Å². The van der Waals surface area contributed by atoms with Crippen LogP contribution in [-0.2, 0) is 11.3 Å². The number of halogens is 2. The van der Waals surface area contributed by atoms with E-state index in [1.165, 1.54) is 31.3 Å². The van der Waals surface area contributed by atoms with Crippen molar-refractivity contribution in [1.29, 1.82) is 0 Å². The molecule has 3 nitrogen and oxygen atoms in total. The molecule has 1 saturated heterocycles. The third-order valence-electron chi connectivity index (χ3n) is 5.40. The van der Waals surface area contributed by atoms with Gasteiger partial charge >= 0.3 is 0 Å². The van der Waals surface area contributed by atoms with Gasteiger partial charge in [-0.3, -0.25) is 9.69 Å². The summed E-state index contributed by atoms with van der Waals surface area (Å²) in [6.45, 7) is 3.42.